The third-order valence-electron chi connectivity index (χ3n) is 3.27. The van der Waals surface area contributed by atoms with Crippen LogP contribution in [0.1, 0.15) is 45.4 Å². The minimum Gasteiger partial charge on any atom is -0.380 e. The Morgan fingerprint density at radius 1 is 1.36 bits per heavy atom. The lowest BCUT2D eigenvalue weighted by Gasteiger charge is -2.12. The fourth-order valence-electron chi connectivity index (χ4n) is 2.20. The quantitative estimate of drug-likeness (QED) is 0.636. The van der Waals surface area contributed by atoms with E-state index in [1.165, 1.54) is 38.5 Å². The van der Waals surface area contributed by atoms with Gasteiger partial charge in [0, 0.05) is 13.7 Å². The van der Waals surface area contributed by atoms with Gasteiger partial charge in [-0.25, -0.2) is 0 Å². The summed E-state index contributed by atoms with van der Waals surface area (Å²) >= 11 is 0. The summed E-state index contributed by atoms with van der Waals surface area (Å²) in [6.45, 7) is 4.25. The third kappa shape index (κ3) is 4.97. The number of rotatable bonds is 7. The van der Waals surface area contributed by atoms with Gasteiger partial charge in [0.15, 0.2) is 0 Å². The van der Waals surface area contributed by atoms with E-state index in [0.29, 0.717) is 6.10 Å². The molecule has 1 aliphatic rings. The van der Waals surface area contributed by atoms with Crippen LogP contribution in [0.2, 0.25) is 0 Å². The first kappa shape index (κ1) is 12.0. The Balaban J connectivity index is 1.84. The molecule has 0 radical (unpaired) electrons. The van der Waals surface area contributed by atoms with Gasteiger partial charge in [0.1, 0.15) is 0 Å². The van der Waals surface area contributed by atoms with Crippen LogP contribution in [0.25, 0.3) is 0 Å². The fourth-order valence-corrected chi connectivity index (χ4v) is 2.20. The van der Waals surface area contributed by atoms with E-state index in [1.54, 1.807) is 7.11 Å². The molecule has 1 unspecified atom stereocenters. The molecule has 0 spiro atoms. The Labute approximate surface area is 88.4 Å². The average molecular weight is 199 g/mol. The summed E-state index contributed by atoms with van der Waals surface area (Å²) < 4.78 is 5.17. The van der Waals surface area contributed by atoms with Gasteiger partial charge < -0.3 is 10.1 Å². The van der Waals surface area contributed by atoms with Crippen molar-refractivity contribution in [2.75, 3.05) is 20.2 Å². The van der Waals surface area contributed by atoms with Gasteiger partial charge in [0.25, 0.3) is 0 Å². The van der Waals surface area contributed by atoms with Crippen molar-refractivity contribution in [3.8, 4) is 0 Å². The Hall–Kier alpha value is -0.0800. The van der Waals surface area contributed by atoms with Crippen LogP contribution < -0.4 is 5.32 Å². The lowest BCUT2D eigenvalue weighted by Crippen LogP contribution is -2.26. The molecule has 1 rings (SSSR count). The number of methoxy groups -OCH3 is 1. The van der Waals surface area contributed by atoms with Gasteiger partial charge in [0.05, 0.1) is 6.10 Å². The second kappa shape index (κ2) is 7.24. The Bertz CT molecular complexity index is 132. The van der Waals surface area contributed by atoms with E-state index in [9.17, 15) is 0 Å². The summed E-state index contributed by atoms with van der Waals surface area (Å²) in [6.07, 6.45) is 9.01. The molecule has 0 aliphatic heterocycles. The smallest absolute Gasteiger partial charge is 0.0667 e. The lowest BCUT2D eigenvalue weighted by atomic mass is 10.0. The number of ether oxygens (including phenoxy) is 1. The second-order valence-electron chi connectivity index (χ2n) is 4.54. The van der Waals surface area contributed by atoms with Crippen LogP contribution >= 0.6 is 0 Å². The summed E-state index contributed by atoms with van der Waals surface area (Å²) in [5.74, 6) is 1.04. The number of hydrogen-bond donors (Lipinski definition) is 1. The summed E-state index contributed by atoms with van der Waals surface area (Å²) in [5, 5.41) is 3.44. The van der Waals surface area contributed by atoms with Gasteiger partial charge in [-0.3, -0.25) is 0 Å². The molecular formula is C12H25NO. The van der Waals surface area contributed by atoms with Gasteiger partial charge in [-0.15, -0.1) is 0 Å². The molecule has 0 saturated heterocycles. The lowest BCUT2D eigenvalue weighted by molar-refractivity contribution is 0.117. The van der Waals surface area contributed by atoms with Crippen LogP contribution in [-0.2, 0) is 4.74 Å². The monoisotopic (exact) mass is 199 g/mol. The summed E-state index contributed by atoms with van der Waals surface area (Å²) in [7, 11) is 1.77. The molecule has 2 heteroatoms. The van der Waals surface area contributed by atoms with Crippen LogP contribution in [0.15, 0.2) is 0 Å². The molecule has 0 aromatic carbocycles. The second-order valence-corrected chi connectivity index (χ2v) is 4.54. The minimum atomic E-state index is 0.349. The highest BCUT2D eigenvalue weighted by Gasteiger charge is 2.13. The van der Waals surface area contributed by atoms with E-state index < -0.39 is 0 Å². The molecule has 1 saturated carbocycles. The van der Waals surface area contributed by atoms with Crippen LogP contribution in [0.4, 0.5) is 0 Å². The maximum atomic E-state index is 5.17. The molecule has 0 aromatic heterocycles. The minimum absolute atomic E-state index is 0.349. The topological polar surface area (TPSA) is 21.3 Å². The molecule has 0 heterocycles. The Kier molecular flexibility index (Phi) is 6.20. The van der Waals surface area contributed by atoms with Crippen molar-refractivity contribution in [3.05, 3.63) is 0 Å². The Morgan fingerprint density at radius 2 is 2.07 bits per heavy atom. The van der Waals surface area contributed by atoms with Crippen molar-refractivity contribution < 1.29 is 4.74 Å². The molecule has 0 aromatic rings. The Morgan fingerprint density at radius 3 is 2.71 bits per heavy atom. The van der Waals surface area contributed by atoms with Crippen molar-refractivity contribution in [1.82, 2.24) is 5.32 Å². The van der Waals surface area contributed by atoms with Crippen LogP contribution in [0.3, 0.4) is 0 Å². The fraction of sp³-hybridized carbons (Fsp3) is 1.00. The molecule has 1 atom stereocenters. The SMILES string of the molecule is COC(C)CNCCCC1CCCC1. The van der Waals surface area contributed by atoms with Crippen molar-refractivity contribution in [2.24, 2.45) is 5.92 Å². The van der Waals surface area contributed by atoms with E-state index in [4.69, 9.17) is 4.74 Å². The van der Waals surface area contributed by atoms with Crippen molar-refractivity contribution >= 4 is 0 Å². The van der Waals surface area contributed by atoms with E-state index >= 15 is 0 Å². The zero-order valence-corrected chi connectivity index (χ0v) is 9.72. The van der Waals surface area contributed by atoms with Gasteiger partial charge in [0.2, 0.25) is 0 Å². The van der Waals surface area contributed by atoms with Gasteiger partial charge in [-0.2, -0.15) is 0 Å². The van der Waals surface area contributed by atoms with Crippen LogP contribution in [0, 0.1) is 5.92 Å². The van der Waals surface area contributed by atoms with E-state index in [0.717, 1.165) is 19.0 Å². The molecule has 0 bridgehead atoms. The van der Waals surface area contributed by atoms with Gasteiger partial charge >= 0.3 is 0 Å². The first-order chi connectivity index (χ1) is 6.83. The van der Waals surface area contributed by atoms with Gasteiger partial charge in [-0.1, -0.05) is 25.7 Å². The van der Waals surface area contributed by atoms with Crippen molar-refractivity contribution in [1.29, 1.82) is 0 Å². The first-order valence-corrected chi connectivity index (χ1v) is 6.06. The molecular weight excluding hydrogens is 174 g/mol. The van der Waals surface area contributed by atoms with Crippen molar-refractivity contribution in [2.45, 2.75) is 51.6 Å². The van der Waals surface area contributed by atoms with E-state index in [2.05, 4.69) is 12.2 Å². The molecule has 84 valence electrons. The van der Waals surface area contributed by atoms with Crippen LogP contribution in [0.5, 0.6) is 0 Å². The highest BCUT2D eigenvalue weighted by Crippen LogP contribution is 2.28. The summed E-state index contributed by atoms with van der Waals surface area (Å²) in [4.78, 5) is 0. The average Bonchev–Trinajstić information content (AvgIpc) is 2.69. The zero-order valence-electron chi connectivity index (χ0n) is 9.72. The maximum Gasteiger partial charge on any atom is 0.0667 e. The van der Waals surface area contributed by atoms with Gasteiger partial charge in [-0.05, 0) is 32.2 Å². The zero-order chi connectivity index (χ0) is 10.2. The maximum absolute atomic E-state index is 5.17. The van der Waals surface area contributed by atoms with Crippen molar-refractivity contribution in [3.63, 3.8) is 0 Å². The first-order valence-electron chi connectivity index (χ1n) is 6.06. The number of nitrogens with one attached hydrogen (secondary N) is 1. The predicted molar refractivity (Wildman–Crippen MR) is 60.5 cm³/mol. The van der Waals surface area contributed by atoms with Crippen LogP contribution in [-0.4, -0.2) is 26.3 Å². The predicted octanol–water partition coefficient (Wildman–Crippen LogP) is 2.58. The molecule has 14 heavy (non-hydrogen) atoms. The normalized spacial score (nSPS) is 20.1. The largest absolute Gasteiger partial charge is 0.380 e. The van der Waals surface area contributed by atoms with E-state index in [1.807, 2.05) is 0 Å². The third-order valence-corrected chi connectivity index (χ3v) is 3.27. The molecule has 1 N–H and O–H groups in total. The summed E-state index contributed by atoms with van der Waals surface area (Å²) in [5.41, 5.74) is 0. The molecule has 0 amide bonds. The van der Waals surface area contributed by atoms with E-state index in [-0.39, 0.29) is 0 Å². The highest BCUT2D eigenvalue weighted by molar-refractivity contribution is 4.67. The number of hydrogen-bond acceptors (Lipinski definition) is 2. The molecule has 1 aliphatic carbocycles. The standard InChI is InChI=1S/C12H25NO/c1-11(14-2)10-13-9-5-8-12-6-3-4-7-12/h11-13H,3-10H2,1-2H3. The molecule has 1 fully saturated rings. The highest BCUT2D eigenvalue weighted by atomic mass is 16.5. The summed E-state index contributed by atoms with van der Waals surface area (Å²) in [6, 6.07) is 0. The molecule has 2 nitrogen and oxygen atoms in total.